The van der Waals surface area contributed by atoms with Crippen molar-refractivity contribution in [2.75, 3.05) is 5.32 Å². The molecule has 0 bridgehead atoms. The van der Waals surface area contributed by atoms with Gasteiger partial charge in [0.2, 0.25) is 17.6 Å². The molecule has 1 amide bonds. The zero-order chi connectivity index (χ0) is 20.3. The quantitative estimate of drug-likeness (QED) is 0.455. The van der Waals surface area contributed by atoms with Gasteiger partial charge in [-0.3, -0.25) is 4.79 Å². The Bertz CT molecular complexity index is 1300. The Morgan fingerprint density at radius 1 is 1.00 bits per heavy atom. The number of nitrogens with zero attached hydrogens (tertiary/aromatic N) is 3. The molecule has 0 fully saturated rings. The molecule has 0 aliphatic heterocycles. The van der Waals surface area contributed by atoms with E-state index >= 15 is 0 Å². The van der Waals surface area contributed by atoms with Crippen molar-refractivity contribution in [1.82, 2.24) is 14.7 Å². The fraction of sp³-hybridized carbons (Fsp3) is 0.0870. The highest BCUT2D eigenvalue weighted by atomic mass is 16.5. The zero-order valence-corrected chi connectivity index (χ0v) is 16.0. The Hall–Kier alpha value is -4.13. The number of rotatable bonds is 6. The van der Waals surface area contributed by atoms with Crippen LogP contribution in [-0.2, 0) is 17.8 Å². The maximum Gasteiger partial charge on any atom is 0.244 e. The van der Waals surface area contributed by atoms with Crippen LogP contribution in [0.1, 0.15) is 11.5 Å². The first-order valence-corrected chi connectivity index (χ1v) is 9.54. The number of hydrogen-bond acceptors (Lipinski definition) is 5. The fourth-order valence-electron chi connectivity index (χ4n) is 3.41. The molecule has 0 unspecified atom stereocenters. The van der Waals surface area contributed by atoms with Crippen LogP contribution in [0.25, 0.3) is 22.5 Å². The van der Waals surface area contributed by atoms with Crippen LogP contribution in [0.4, 0.5) is 5.69 Å². The lowest BCUT2D eigenvalue weighted by Crippen LogP contribution is -2.19. The van der Waals surface area contributed by atoms with E-state index in [4.69, 9.17) is 8.94 Å². The third-order valence-corrected chi connectivity index (χ3v) is 4.84. The number of hydrogen-bond donors (Lipinski definition) is 1. The van der Waals surface area contributed by atoms with Crippen LogP contribution >= 0.6 is 0 Å². The van der Waals surface area contributed by atoms with E-state index in [-0.39, 0.29) is 12.5 Å². The molecule has 3 aromatic heterocycles. The van der Waals surface area contributed by atoms with Crippen molar-refractivity contribution in [3.05, 3.63) is 90.6 Å². The molecule has 0 saturated carbocycles. The van der Waals surface area contributed by atoms with E-state index in [1.54, 1.807) is 18.4 Å². The maximum absolute atomic E-state index is 12.7. The summed E-state index contributed by atoms with van der Waals surface area (Å²) in [5, 5.41) is 8.06. The summed E-state index contributed by atoms with van der Waals surface area (Å²) in [6, 6.07) is 21.1. The average Bonchev–Trinajstić information content (AvgIpc) is 3.51. The SMILES string of the molecule is O=C(Cn1ccc2ccccc21)Nc1ccccc1Cc1nc(-c2ccco2)no1. The summed E-state index contributed by atoms with van der Waals surface area (Å²) in [5.74, 6) is 1.28. The van der Waals surface area contributed by atoms with Gasteiger partial charge in [0, 0.05) is 17.4 Å². The number of fused-ring (bicyclic) bond motifs is 1. The Morgan fingerprint density at radius 3 is 2.77 bits per heavy atom. The van der Waals surface area contributed by atoms with Gasteiger partial charge in [0.1, 0.15) is 6.54 Å². The summed E-state index contributed by atoms with van der Waals surface area (Å²) >= 11 is 0. The zero-order valence-electron chi connectivity index (χ0n) is 16.0. The van der Waals surface area contributed by atoms with Gasteiger partial charge in [-0.05, 0) is 41.3 Å². The monoisotopic (exact) mass is 398 g/mol. The van der Waals surface area contributed by atoms with Crippen molar-refractivity contribution in [2.45, 2.75) is 13.0 Å². The molecule has 7 heteroatoms. The molecule has 0 aliphatic carbocycles. The number of anilines is 1. The highest BCUT2D eigenvalue weighted by Crippen LogP contribution is 2.22. The van der Waals surface area contributed by atoms with Crippen LogP contribution in [0, 0.1) is 0 Å². The van der Waals surface area contributed by atoms with Crippen molar-refractivity contribution in [2.24, 2.45) is 0 Å². The second kappa shape index (κ2) is 7.71. The van der Waals surface area contributed by atoms with Gasteiger partial charge < -0.3 is 18.8 Å². The predicted molar refractivity (Wildman–Crippen MR) is 112 cm³/mol. The third kappa shape index (κ3) is 3.60. The molecule has 0 saturated heterocycles. The number of amides is 1. The van der Waals surface area contributed by atoms with Gasteiger partial charge in [0.05, 0.1) is 12.7 Å². The number of nitrogens with one attached hydrogen (secondary N) is 1. The number of benzene rings is 2. The molecule has 7 nitrogen and oxygen atoms in total. The summed E-state index contributed by atoms with van der Waals surface area (Å²) in [6.07, 6.45) is 3.88. The van der Waals surface area contributed by atoms with Gasteiger partial charge in [-0.1, -0.05) is 41.6 Å². The van der Waals surface area contributed by atoms with Crippen LogP contribution in [0.15, 0.2) is 88.1 Å². The normalized spacial score (nSPS) is 11.1. The van der Waals surface area contributed by atoms with E-state index in [0.717, 1.165) is 22.2 Å². The van der Waals surface area contributed by atoms with Crippen LogP contribution < -0.4 is 5.32 Å². The van der Waals surface area contributed by atoms with Gasteiger partial charge in [-0.15, -0.1) is 0 Å². The van der Waals surface area contributed by atoms with Gasteiger partial charge in [-0.25, -0.2) is 0 Å². The molecule has 0 spiro atoms. The summed E-state index contributed by atoms with van der Waals surface area (Å²) in [6.45, 7) is 0.227. The predicted octanol–water partition coefficient (Wildman–Crippen LogP) is 4.51. The summed E-state index contributed by atoms with van der Waals surface area (Å²) in [7, 11) is 0. The lowest BCUT2D eigenvalue weighted by molar-refractivity contribution is -0.116. The van der Waals surface area contributed by atoms with Crippen molar-refractivity contribution in [3.63, 3.8) is 0 Å². The molecule has 3 heterocycles. The molecule has 0 radical (unpaired) electrons. The number of aromatic nitrogens is 3. The largest absolute Gasteiger partial charge is 0.461 e. The molecule has 5 aromatic rings. The summed E-state index contributed by atoms with van der Waals surface area (Å²) < 4.78 is 12.6. The Morgan fingerprint density at radius 2 is 1.87 bits per heavy atom. The number of furan rings is 1. The highest BCUT2D eigenvalue weighted by molar-refractivity contribution is 5.92. The molecular weight excluding hydrogens is 380 g/mol. The second-order valence-corrected chi connectivity index (χ2v) is 6.87. The molecule has 0 aliphatic rings. The molecule has 5 rings (SSSR count). The molecule has 30 heavy (non-hydrogen) atoms. The smallest absolute Gasteiger partial charge is 0.244 e. The van der Waals surface area contributed by atoms with Crippen molar-refractivity contribution in [3.8, 4) is 11.6 Å². The van der Waals surface area contributed by atoms with Crippen molar-refractivity contribution < 1.29 is 13.7 Å². The number of carbonyl (C=O) groups is 1. The van der Waals surface area contributed by atoms with Gasteiger partial charge in [-0.2, -0.15) is 4.98 Å². The van der Waals surface area contributed by atoms with Crippen LogP contribution in [0.3, 0.4) is 0 Å². The third-order valence-electron chi connectivity index (χ3n) is 4.84. The maximum atomic E-state index is 12.7. The Kier molecular flexibility index (Phi) is 4.61. The van der Waals surface area contributed by atoms with Gasteiger partial charge >= 0.3 is 0 Å². The minimum atomic E-state index is -0.106. The minimum absolute atomic E-state index is 0.106. The topological polar surface area (TPSA) is 86.1 Å². The lowest BCUT2D eigenvalue weighted by atomic mass is 10.1. The van der Waals surface area contributed by atoms with Crippen molar-refractivity contribution in [1.29, 1.82) is 0 Å². The molecule has 2 aromatic carbocycles. The summed E-state index contributed by atoms with van der Waals surface area (Å²) in [4.78, 5) is 17.1. The van der Waals surface area contributed by atoms with Crippen LogP contribution in [0.2, 0.25) is 0 Å². The van der Waals surface area contributed by atoms with Crippen molar-refractivity contribution >= 4 is 22.5 Å². The first kappa shape index (κ1) is 17.9. The first-order chi connectivity index (χ1) is 14.8. The van der Waals surface area contributed by atoms with E-state index in [0.29, 0.717) is 23.9 Å². The standard InChI is InChI=1S/C23H18N4O3/c28-21(15-27-12-11-16-6-2-4-9-19(16)27)24-18-8-3-1-7-17(18)14-22-25-23(26-30-22)20-10-5-13-29-20/h1-13H,14-15H2,(H,24,28). The lowest BCUT2D eigenvalue weighted by Gasteiger charge is -2.11. The van der Waals surface area contributed by atoms with E-state index in [1.165, 1.54) is 0 Å². The Labute approximate surface area is 171 Å². The van der Waals surface area contributed by atoms with E-state index < -0.39 is 0 Å². The van der Waals surface area contributed by atoms with Crippen LogP contribution in [0.5, 0.6) is 0 Å². The molecule has 148 valence electrons. The second-order valence-electron chi connectivity index (χ2n) is 6.87. The van der Waals surface area contributed by atoms with E-state index in [1.807, 2.05) is 65.4 Å². The average molecular weight is 398 g/mol. The number of carbonyl (C=O) groups excluding carboxylic acids is 1. The Balaban J connectivity index is 1.32. The minimum Gasteiger partial charge on any atom is -0.461 e. The van der Waals surface area contributed by atoms with Gasteiger partial charge in [0.15, 0.2) is 5.76 Å². The number of para-hydroxylation sites is 2. The molecular formula is C23H18N4O3. The summed E-state index contributed by atoms with van der Waals surface area (Å²) in [5.41, 5.74) is 2.63. The molecule has 0 atom stereocenters. The van der Waals surface area contributed by atoms with Gasteiger partial charge in [0.25, 0.3) is 0 Å². The van der Waals surface area contributed by atoms with Crippen LogP contribution in [-0.4, -0.2) is 20.6 Å². The fourth-order valence-corrected chi connectivity index (χ4v) is 3.41. The van der Waals surface area contributed by atoms with E-state index in [2.05, 4.69) is 15.5 Å². The first-order valence-electron chi connectivity index (χ1n) is 9.54. The van der Waals surface area contributed by atoms with E-state index in [9.17, 15) is 4.79 Å². The highest BCUT2D eigenvalue weighted by Gasteiger charge is 2.14. The molecule has 1 N–H and O–H groups in total.